The Labute approximate surface area is 160 Å². The normalized spacial score (nSPS) is 14.8. The first kappa shape index (κ1) is 18.9. The molecular weight excluding hydrogens is 344 g/mol. The van der Waals surface area contributed by atoms with Gasteiger partial charge in [-0.15, -0.1) is 21.5 Å². The standard InChI is InChI=1S/C19H30N6S/c1-3-20-19(22-14-16-11-10-15(2)26-16)21-12-7-9-18-24-23-17-8-5-4-6-13-25(17)18/h10-11H,3-9,12-14H2,1-2H3,(H2,20,21,22). The zero-order valence-corrected chi connectivity index (χ0v) is 16.7. The van der Waals surface area contributed by atoms with Crippen molar-refractivity contribution in [3.05, 3.63) is 33.5 Å². The van der Waals surface area contributed by atoms with E-state index in [4.69, 9.17) is 0 Å². The Morgan fingerprint density at radius 1 is 1.23 bits per heavy atom. The second-order valence-electron chi connectivity index (χ2n) is 6.73. The molecule has 3 rings (SSSR count). The van der Waals surface area contributed by atoms with Gasteiger partial charge in [-0.25, -0.2) is 4.99 Å². The molecule has 0 saturated carbocycles. The number of hydrogen-bond acceptors (Lipinski definition) is 4. The van der Waals surface area contributed by atoms with Crippen LogP contribution in [0.3, 0.4) is 0 Å². The van der Waals surface area contributed by atoms with Gasteiger partial charge in [-0.2, -0.15) is 0 Å². The number of nitrogens with one attached hydrogen (secondary N) is 2. The van der Waals surface area contributed by atoms with E-state index in [1.165, 1.54) is 34.8 Å². The van der Waals surface area contributed by atoms with Crippen LogP contribution in [0.4, 0.5) is 0 Å². The highest BCUT2D eigenvalue weighted by Crippen LogP contribution is 2.16. The van der Waals surface area contributed by atoms with E-state index < -0.39 is 0 Å². The lowest BCUT2D eigenvalue weighted by Crippen LogP contribution is -2.37. The molecular formula is C19H30N6S. The first-order valence-corrected chi connectivity index (χ1v) is 10.6. The maximum atomic E-state index is 4.69. The SMILES string of the molecule is CCNC(=NCc1ccc(C)s1)NCCCc1nnc2n1CCCCC2. The van der Waals surface area contributed by atoms with Crippen LogP contribution in [0.5, 0.6) is 0 Å². The summed E-state index contributed by atoms with van der Waals surface area (Å²) in [6.07, 6.45) is 6.85. The summed E-state index contributed by atoms with van der Waals surface area (Å²) >= 11 is 1.81. The van der Waals surface area contributed by atoms with Crippen molar-refractivity contribution < 1.29 is 0 Å². The quantitative estimate of drug-likeness (QED) is 0.444. The number of aryl methyl sites for hydroxylation is 3. The van der Waals surface area contributed by atoms with Gasteiger partial charge >= 0.3 is 0 Å². The minimum Gasteiger partial charge on any atom is -0.357 e. The van der Waals surface area contributed by atoms with E-state index in [1.807, 2.05) is 11.3 Å². The molecule has 0 amide bonds. The maximum absolute atomic E-state index is 4.69. The van der Waals surface area contributed by atoms with Crippen LogP contribution in [-0.4, -0.2) is 33.8 Å². The number of aliphatic imine (C=N–C) groups is 1. The van der Waals surface area contributed by atoms with Gasteiger partial charge in [0.2, 0.25) is 0 Å². The van der Waals surface area contributed by atoms with Crippen molar-refractivity contribution in [3.63, 3.8) is 0 Å². The summed E-state index contributed by atoms with van der Waals surface area (Å²) < 4.78 is 2.34. The minimum atomic E-state index is 0.728. The topological polar surface area (TPSA) is 67.1 Å². The van der Waals surface area contributed by atoms with Crippen molar-refractivity contribution in [1.29, 1.82) is 0 Å². The molecule has 3 heterocycles. The molecule has 0 fully saturated rings. The fraction of sp³-hybridized carbons (Fsp3) is 0.632. The largest absolute Gasteiger partial charge is 0.357 e. The number of thiophene rings is 1. The number of rotatable bonds is 7. The third-order valence-electron chi connectivity index (χ3n) is 4.59. The van der Waals surface area contributed by atoms with Gasteiger partial charge in [0.05, 0.1) is 6.54 Å². The molecule has 0 unspecified atom stereocenters. The average Bonchev–Trinajstić information content (AvgIpc) is 3.14. The molecule has 2 N–H and O–H groups in total. The Morgan fingerprint density at radius 3 is 2.96 bits per heavy atom. The highest BCUT2D eigenvalue weighted by molar-refractivity contribution is 7.11. The molecule has 2 aromatic rings. The lowest BCUT2D eigenvalue weighted by molar-refractivity contribution is 0.594. The lowest BCUT2D eigenvalue weighted by Gasteiger charge is -2.11. The Bertz CT molecular complexity index is 717. The fourth-order valence-electron chi connectivity index (χ4n) is 3.25. The number of fused-ring (bicyclic) bond motifs is 1. The third-order valence-corrected chi connectivity index (χ3v) is 5.57. The Kier molecular flexibility index (Phi) is 7.05. The first-order valence-electron chi connectivity index (χ1n) is 9.74. The summed E-state index contributed by atoms with van der Waals surface area (Å²) in [5.41, 5.74) is 0. The Morgan fingerprint density at radius 2 is 2.15 bits per heavy atom. The number of nitrogens with zero attached hydrogens (tertiary/aromatic N) is 4. The van der Waals surface area contributed by atoms with Gasteiger partial charge in [-0.1, -0.05) is 6.42 Å². The van der Waals surface area contributed by atoms with Crippen molar-refractivity contribution in [2.24, 2.45) is 4.99 Å². The predicted octanol–water partition coefficient (Wildman–Crippen LogP) is 3.06. The van der Waals surface area contributed by atoms with Gasteiger partial charge in [-0.05, 0) is 45.2 Å². The van der Waals surface area contributed by atoms with Crippen molar-refractivity contribution in [3.8, 4) is 0 Å². The highest BCUT2D eigenvalue weighted by Gasteiger charge is 2.14. The molecule has 0 atom stereocenters. The number of hydrogen-bond donors (Lipinski definition) is 2. The molecule has 0 saturated heterocycles. The summed E-state index contributed by atoms with van der Waals surface area (Å²) in [5, 5.41) is 15.6. The molecule has 0 bridgehead atoms. The molecule has 26 heavy (non-hydrogen) atoms. The molecule has 0 aliphatic carbocycles. The maximum Gasteiger partial charge on any atom is 0.191 e. The van der Waals surface area contributed by atoms with Crippen LogP contribution in [0.1, 0.15) is 54.0 Å². The Balaban J connectivity index is 1.47. The van der Waals surface area contributed by atoms with Crippen LogP contribution in [-0.2, 0) is 25.9 Å². The van der Waals surface area contributed by atoms with Gasteiger partial charge in [-0.3, -0.25) is 0 Å². The molecule has 0 aromatic carbocycles. The summed E-state index contributed by atoms with van der Waals surface area (Å²) in [5.74, 6) is 3.20. The van der Waals surface area contributed by atoms with Crippen LogP contribution in [0, 0.1) is 6.92 Å². The molecule has 1 aliphatic rings. The van der Waals surface area contributed by atoms with E-state index in [9.17, 15) is 0 Å². The van der Waals surface area contributed by atoms with Gasteiger partial charge < -0.3 is 15.2 Å². The molecule has 142 valence electrons. The summed E-state index contributed by atoms with van der Waals surface area (Å²) in [7, 11) is 0. The number of aromatic nitrogens is 3. The molecule has 0 radical (unpaired) electrons. The smallest absolute Gasteiger partial charge is 0.191 e. The Hall–Kier alpha value is -1.89. The number of guanidine groups is 1. The van der Waals surface area contributed by atoms with Crippen LogP contribution < -0.4 is 10.6 Å². The summed E-state index contributed by atoms with van der Waals surface area (Å²) in [6, 6.07) is 4.31. The van der Waals surface area contributed by atoms with Crippen LogP contribution in [0.15, 0.2) is 17.1 Å². The first-order chi connectivity index (χ1) is 12.8. The predicted molar refractivity (Wildman–Crippen MR) is 108 cm³/mol. The fourth-order valence-corrected chi connectivity index (χ4v) is 4.07. The third kappa shape index (κ3) is 5.30. The van der Waals surface area contributed by atoms with E-state index in [-0.39, 0.29) is 0 Å². The monoisotopic (exact) mass is 374 g/mol. The van der Waals surface area contributed by atoms with Crippen molar-refractivity contribution in [2.75, 3.05) is 13.1 Å². The van der Waals surface area contributed by atoms with E-state index in [0.717, 1.165) is 57.2 Å². The molecule has 6 nitrogen and oxygen atoms in total. The second kappa shape index (κ2) is 9.71. The van der Waals surface area contributed by atoms with Crippen LogP contribution >= 0.6 is 11.3 Å². The lowest BCUT2D eigenvalue weighted by atomic mass is 10.2. The van der Waals surface area contributed by atoms with Gasteiger partial charge in [0, 0.05) is 42.2 Å². The zero-order valence-electron chi connectivity index (χ0n) is 15.9. The van der Waals surface area contributed by atoms with Crippen molar-refractivity contribution in [1.82, 2.24) is 25.4 Å². The van der Waals surface area contributed by atoms with Crippen LogP contribution in [0.25, 0.3) is 0 Å². The van der Waals surface area contributed by atoms with Gasteiger partial charge in [0.15, 0.2) is 5.96 Å². The highest BCUT2D eigenvalue weighted by atomic mass is 32.1. The van der Waals surface area contributed by atoms with E-state index >= 15 is 0 Å². The van der Waals surface area contributed by atoms with E-state index in [0.29, 0.717) is 0 Å². The van der Waals surface area contributed by atoms with Crippen molar-refractivity contribution >= 4 is 17.3 Å². The molecule has 0 spiro atoms. The van der Waals surface area contributed by atoms with E-state index in [1.54, 1.807) is 0 Å². The summed E-state index contributed by atoms with van der Waals surface area (Å²) in [4.78, 5) is 7.32. The average molecular weight is 375 g/mol. The second-order valence-corrected chi connectivity index (χ2v) is 8.11. The van der Waals surface area contributed by atoms with Gasteiger partial charge in [0.25, 0.3) is 0 Å². The van der Waals surface area contributed by atoms with Crippen LogP contribution in [0.2, 0.25) is 0 Å². The molecule has 7 heteroatoms. The zero-order chi connectivity index (χ0) is 18.2. The van der Waals surface area contributed by atoms with E-state index in [2.05, 4.69) is 56.4 Å². The molecule has 1 aliphatic heterocycles. The molecule has 2 aromatic heterocycles. The minimum absolute atomic E-state index is 0.728. The van der Waals surface area contributed by atoms with Crippen molar-refractivity contribution in [2.45, 2.75) is 65.5 Å². The summed E-state index contributed by atoms with van der Waals surface area (Å²) in [6.45, 7) is 7.79. The van der Waals surface area contributed by atoms with Gasteiger partial charge in [0.1, 0.15) is 11.6 Å².